The quantitative estimate of drug-likeness (QED) is 0.761. The molecule has 0 spiro atoms. The zero-order valence-electron chi connectivity index (χ0n) is 7.72. The van der Waals surface area contributed by atoms with Gasteiger partial charge in [-0.2, -0.15) is 0 Å². The number of nitrogens with zero attached hydrogens (tertiary/aromatic N) is 2. The summed E-state index contributed by atoms with van der Waals surface area (Å²) < 4.78 is 18.1. The topological polar surface area (TPSA) is 61.0 Å². The van der Waals surface area contributed by atoms with Crippen LogP contribution in [0.25, 0.3) is 0 Å². The van der Waals surface area contributed by atoms with Crippen LogP contribution >= 0.6 is 0 Å². The molecule has 0 aliphatic heterocycles. The number of hydrogen-bond donors (Lipinski definition) is 1. The predicted molar refractivity (Wildman–Crippen MR) is 52.9 cm³/mol. The lowest BCUT2D eigenvalue weighted by Crippen LogP contribution is -1.94. The molecule has 2 rings (SSSR count). The van der Waals surface area contributed by atoms with Crippen LogP contribution in [0.5, 0.6) is 11.6 Å². The number of rotatable bonds is 2. The van der Waals surface area contributed by atoms with Crippen LogP contribution in [-0.2, 0) is 0 Å². The molecule has 0 radical (unpaired) electrons. The molecule has 0 bridgehead atoms. The van der Waals surface area contributed by atoms with E-state index in [9.17, 15) is 4.39 Å². The van der Waals surface area contributed by atoms with Crippen LogP contribution < -0.4 is 10.5 Å². The minimum absolute atomic E-state index is 0.232. The van der Waals surface area contributed by atoms with Crippen molar-refractivity contribution in [2.24, 2.45) is 0 Å². The molecule has 2 N–H and O–H groups in total. The Morgan fingerprint density at radius 2 is 2.13 bits per heavy atom. The zero-order valence-corrected chi connectivity index (χ0v) is 7.72. The monoisotopic (exact) mass is 205 g/mol. The van der Waals surface area contributed by atoms with Gasteiger partial charge in [-0.1, -0.05) is 0 Å². The fourth-order valence-corrected chi connectivity index (χ4v) is 1.05. The van der Waals surface area contributed by atoms with Gasteiger partial charge in [0, 0.05) is 18.5 Å². The molecule has 0 atom stereocenters. The predicted octanol–water partition coefficient (Wildman–Crippen LogP) is 1.99. The molecule has 0 unspecified atom stereocenters. The molecule has 0 aliphatic carbocycles. The maximum absolute atomic E-state index is 12.9. The summed E-state index contributed by atoms with van der Waals surface area (Å²) >= 11 is 0. The maximum atomic E-state index is 12.9. The maximum Gasteiger partial charge on any atom is 0.237 e. The van der Waals surface area contributed by atoms with Gasteiger partial charge in [0.1, 0.15) is 5.82 Å². The van der Waals surface area contributed by atoms with Crippen molar-refractivity contribution in [2.75, 3.05) is 5.73 Å². The molecule has 0 fully saturated rings. The Balaban J connectivity index is 2.28. The highest BCUT2D eigenvalue weighted by Crippen LogP contribution is 2.26. The first-order valence-corrected chi connectivity index (χ1v) is 4.24. The second-order valence-electron chi connectivity index (χ2n) is 2.83. The number of ether oxygens (including phenoxy) is 1. The summed E-state index contributed by atoms with van der Waals surface area (Å²) in [5.41, 5.74) is 5.95. The number of nitrogen functional groups attached to an aromatic ring is 1. The van der Waals surface area contributed by atoms with Crippen molar-refractivity contribution in [1.82, 2.24) is 9.97 Å². The van der Waals surface area contributed by atoms with Crippen molar-refractivity contribution >= 4 is 5.69 Å². The van der Waals surface area contributed by atoms with Gasteiger partial charge < -0.3 is 10.5 Å². The van der Waals surface area contributed by atoms with Crippen LogP contribution in [0.3, 0.4) is 0 Å². The van der Waals surface area contributed by atoms with Crippen LogP contribution in [0.1, 0.15) is 0 Å². The molecule has 0 amide bonds. The lowest BCUT2D eigenvalue weighted by Gasteiger charge is -2.06. The van der Waals surface area contributed by atoms with Gasteiger partial charge in [-0.3, -0.25) is 4.98 Å². The molecule has 2 aromatic rings. The second-order valence-corrected chi connectivity index (χ2v) is 2.83. The molecule has 4 nitrogen and oxygen atoms in total. The SMILES string of the molecule is Nc1ccc(F)cc1Oc1cnccn1. The Morgan fingerprint density at radius 3 is 2.87 bits per heavy atom. The summed E-state index contributed by atoms with van der Waals surface area (Å²) in [4.78, 5) is 7.69. The highest BCUT2D eigenvalue weighted by Gasteiger charge is 2.04. The highest BCUT2D eigenvalue weighted by molar-refractivity contribution is 5.53. The molecular formula is C10H8FN3O. The van der Waals surface area contributed by atoms with E-state index in [1.165, 1.54) is 36.8 Å². The van der Waals surface area contributed by atoms with Crippen molar-refractivity contribution in [3.05, 3.63) is 42.6 Å². The lowest BCUT2D eigenvalue weighted by atomic mass is 10.3. The van der Waals surface area contributed by atoms with Gasteiger partial charge in [0.05, 0.1) is 11.9 Å². The van der Waals surface area contributed by atoms with Crippen molar-refractivity contribution in [3.8, 4) is 11.6 Å². The summed E-state index contributed by atoms with van der Waals surface area (Å²) in [5, 5.41) is 0. The lowest BCUT2D eigenvalue weighted by molar-refractivity contribution is 0.458. The first-order chi connectivity index (χ1) is 7.25. The van der Waals surface area contributed by atoms with E-state index in [1.54, 1.807) is 0 Å². The van der Waals surface area contributed by atoms with Crippen LogP contribution in [-0.4, -0.2) is 9.97 Å². The average Bonchev–Trinajstić information content (AvgIpc) is 2.25. The van der Waals surface area contributed by atoms with Crippen LogP contribution in [0.15, 0.2) is 36.8 Å². The Bertz CT molecular complexity index is 461. The van der Waals surface area contributed by atoms with Crippen LogP contribution in [0.2, 0.25) is 0 Å². The van der Waals surface area contributed by atoms with Gasteiger partial charge >= 0.3 is 0 Å². The van der Waals surface area contributed by atoms with E-state index < -0.39 is 5.82 Å². The number of halogens is 1. The molecule has 1 heterocycles. The van der Waals surface area contributed by atoms with E-state index in [-0.39, 0.29) is 11.6 Å². The molecule has 0 saturated heterocycles. The summed E-state index contributed by atoms with van der Waals surface area (Å²) in [6, 6.07) is 3.89. The number of aromatic nitrogens is 2. The third kappa shape index (κ3) is 2.19. The fraction of sp³-hybridized carbons (Fsp3) is 0. The zero-order chi connectivity index (χ0) is 10.7. The van der Waals surface area contributed by atoms with Gasteiger partial charge in [-0.15, -0.1) is 0 Å². The van der Waals surface area contributed by atoms with Crippen LogP contribution in [0.4, 0.5) is 10.1 Å². The molecule has 5 heteroatoms. The van der Waals surface area contributed by atoms with Crippen molar-refractivity contribution in [1.29, 1.82) is 0 Å². The Labute approximate surface area is 85.5 Å². The summed E-state index contributed by atoms with van der Waals surface area (Å²) in [6.07, 6.45) is 4.41. The van der Waals surface area contributed by atoms with Crippen LogP contribution in [0, 0.1) is 5.82 Å². The molecule has 76 valence electrons. The third-order valence-electron chi connectivity index (χ3n) is 1.73. The van der Waals surface area contributed by atoms with E-state index in [0.717, 1.165) is 0 Å². The van der Waals surface area contributed by atoms with E-state index in [1.807, 2.05) is 0 Å². The Hall–Kier alpha value is -2.17. The van der Waals surface area contributed by atoms with Gasteiger partial charge in [0.25, 0.3) is 0 Å². The van der Waals surface area contributed by atoms with E-state index in [4.69, 9.17) is 10.5 Å². The minimum atomic E-state index is -0.414. The van der Waals surface area contributed by atoms with Gasteiger partial charge in [0.2, 0.25) is 5.88 Å². The molecule has 1 aromatic heterocycles. The van der Waals surface area contributed by atoms with Crippen molar-refractivity contribution in [3.63, 3.8) is 0 Å². The summed E-state index contributed by atoms with van der Waals surface area (Å²) in [6.45, 7) is 0. The molecular weight excluding hydrogens is 197 g/mol. The molecule has 1 aromatic carbocycles. The largest absolute Gasteiger partial charge is 0.435 e. The Morgan fingerprint density at radius 1 is 1.27 bits per heavy atom. The number of benzene rings is 1. The van der Waals surface area contributed by atoms with Crippen molar-refractivity contribution < 1.29 is 9.13 Å². The van der Waals surface area contributed by atoms with E-state index in [0.29, 0.717) is 5.69 Å². The molecule has 0 aliphatic rings. The smallest absolute Gasteiger partial charge is 0.237 e. The number of nitrogens with two attached hydrogens (primary N) is 1. The first kappa shape index (κ1) is 9.39. The summed E-state index contributed by atoms with van der Waals surface area (Å²) in [7, 11) is 0. The summed E-state index contributed by atoms with van der Waals surface area (Å²) in [5.74, 6) is 0.0911. The van der Waals surface area contributed by atoms with Gasteiger partial charge in [0.15, 0.2) is 5.75 Å². The molecule has 15 heavy (non-hydrogen) atoms. The fourth-order valence-electron chi connectivity index (χ4n) is 1.05. The van der Waals surface area contributed by atoms with E-state index >= 15 is 0 Å². The molecule has 0 saturated carbocycles. The third-order valence-corrected chi connectivity index (χ3v) is 1.73. The first-order valence-electron chi connectivity index (χ1n) is 4.24. The highest BCUT2D eigenvalue weighted by atomic mass is 19.1. The van der Waals surface area contributed by atoms with Gasteiger partial charge in [-0.05, 0) is 12.1 Å². The second kappa shape index (κ2) is 3.91. The normalized spacial score (nSPS) is 9.93. The van der Waals surface area contributed by atoms with E-state index in [2.05, 4.69) is 9.97 Å². The standard InChI is InChI=1S/C10H8FN3O/c11-7-1-2-8(12)9(5-7)15-10-6-13-3-4-14-10/h1-6H,12H2. The van der Waals surface area contributed by atoms with Crippen molar-refractivity contribution in [2.45, 2.75) is 0 Å². The van der Waals surface area contributed by atoms with Gasteiger partial charge in [-0.25, -0.2) is 9.37 Å². The number of anilines is 1. The number of hydrogen-bond acceptors (Lipinski definition) is 4. The minimum Gasteiger partial charge on any atom is -0.435 e. The average molecular weight is 205 g/mol. The Kier molecular flexibility index (Phi) is 2.45.